The van der Waals surface area contributed by atoms with Gasteiger partial charge in [-0.15, -0.1) is 11.3 Å². The Morgan fingerprint density at radius 2 is 2.31 bits per heavy atom. The molecule has 0 atom stereocenters. The predicted molar refractivity (Wildman–Crippen MR) is 61.3 cm³/mol. The van der Waals surface area contributed by atoms with Gasteiger partial charge in [-0.05, 0) is 13.0 Å². The Morgan fingerprint density at radius 3 is 2.81 bits per heavy atom. The second-order valence-corrected chi connectivity index (χ2v) is 6.08. The summed E-state index contributed by atoms with van der Waals surface area (Å²) in [6.45, 7) is 1.80. The summed E-state index contributed by atoms with van der Waals surface area (Å²) in [6.07, 6.45) is -0.762. The molecule has 1 aromatic rings. The Hall–Kier alpha value is -0.830. The zero-order chi connectivity index (χ0) is 12.3. The number of hydrogen-bond acceptors (Lipinski definition) is 5. The molecule has 0 aliphatic carbocycles. The van der Waals surface area contributed by atoms with Crippen LogP contribution in [0.1, 0.15) is 6.92 Å². The summed E-state index contributed by atoms with van der Waals surface area (Å²) in [6, 6.07) is 1.29. The van der Waals surface area contributed by atoms with E-state index >= 15 is 0 Å². The van der Waals surface area contributed by atoms with Crippen molar-refractivity contribution in [2.24, 2.45) is 5.14 Å². The quantitative estimate of drug-likeness (QED) is 0.881. The standard InChI is InChI=1S/C7H9ClN2O4S2/c1-2-14-7(11)10-4-3-5(8)15-6(4)16(9,12)13/h3H,2H2,1H3,(H,10,11)(H2,9,12,13). The average Bonchev–Trinajstić information content (AvgIpc) is 2.46. The summed E-state index contributed by atoms with van der Waals surface area (Å²) in [5.74, 6) is 0. The maximum absolute atomic E-state index is 11.1. The van der Waals surface area contributed by atoms with Gasteiger partial charge in [0.05, 0.1) is 16.6 Å². The molecule has 90 valence electrons. The first-order valence-corrected chi connectivity index (χ1v) is 6.84. The molecular formula is C7H9ClN2O4S2. The number of anilines is 1. The van der Waals surface area contributed by atoms with Crippen LogP contribution in [-0.4, -0.2) is 21.1 Å². The van der Waals surface area contributed by atoms with Gasteiger partial charge in [-0.2, -0.15) is 0 Å². The van der Waals surface area contributed by atoms with Crippen LogP contribution >= 0.6 is 22.9 Å². The number of halogens is 1. The number of thiophene rings is 1. The second kappa shape index (κ2) is 5.00. The van der Waals surface area contributed by atoms with E-state index in [0.717, 1.165) is 11.3 Å². The molecule has 0 fully saturated rings. The van der Waals surface area contributed by atoms with E-state index < -0.39 is 16.1 Å². The minimum absolute atomic E-state index is 0.0240. The Kier molecular flexibility index (Phi) is 4.14. The molecule has 0 unspecified atom stereocenters. The van der Waals surface area contributed by atoms with Crippen molar-refractivity contribution in [1.82, 2.24) is 0 Å². The Balaban J connectivity index is 3.01. The van der Waals surface area contributed by atoms with E-state index in [1.165, 1.54) is 6.07 Å². The van der Waals surface area contributed by atoms with Crippen LogP contribution in [0.15, 0.2) is 10.3 Å². The normalized spacial score (nSPS) is 11.2. The molecule has 0 saturated heterocycles. The van der Waals surface area contributed by atoms with Crippen molar-refractivity contribution < 1.29 is 17.9 Å². The zero-order valence-corrected chi connectivity index (χ0v) is 10.6. The molecule has 1 rings (SSSR count). The molecule has 0 aliphatic rings. The molecule has 1 amide bonds. The molecule has 1 heterocycles. The molecule has 0 radical (unpaired) electrons. The van der Waals surface area contributed by atoms with Crippen LogP contribution < -0.4 is 10.5 Å². The predicted octanol–water partition coefficient (Wildman–Crippen LogP) is 1.62. The van der Waals surface area contributed by atoms with Crippen LogP contribution in [0, 0.1) is 0 Å². The van der Waals surface area contributed by atoms with E-state index in [2.05, 4.69) is 10.1 Å². The largest absolute Gasteiger partial charge is 0.450 e. The second-order valence-electron chi connectivity index (χ2n) is 2.64. The number of amides is 1. The fourth-order valence-electron chi connectivity index (χ4n) is 0.921. The van der Waals surface area contributed by atoms with Gasteiger partial charge in [-0.25, -0.2) is 18.4 Å². The van der Waals surface area contributed by atoms with E-state index in [0.29, 0.717) is 0 Å². The first-order valence-electron chi connectivity index (χ1n) is 4.10. The highest BCUT2D eigenvalue weighted by Crippen LogP contribution is 2.33. The summed E-state index contributed by atoms with van der Waals surface area (Å²) < 4.78 is 26.9. The van der Waals surface area contributed by atoms with Crippen molar-refractivity contribution in [3.63, 3.8) is 0 Å². The third-order valence-corrected chi connectivity index (χ3v) is 4.18. The first kappa shape index (κ1) is 13.2. The van der Waals surface area contributed by atoms with E-state index in [1.54, 1.807) is 6.92 Å². The number of hydrogen-bond donors (Lipinski definition) is 2. The van der Waals surface area contributed by atoms with E-state index in [1.807, 2.05) is 0 Å². The molecule has 9 heteroatoms. The number of carbonyl (C=O) groups is 1. The van der Waals surface area contributed by atoms with Crippen molar-refractivity contribution in [2.75, 3.05) is 11.9 Å². The van der Waals surface area contributed by atoms with Gasteiger partial charge in [0.1, 0.15) is 0 Å². The van der Waals surface area contributed by atoms with Crippen LogP contribution in [0.25, 0.3) is 0 Å². The third kappa shape index (κ3) is 3.34. The fraction of sp³-hybridized carbons (Fsp3) is 0.286. The number of ether oxygens (including phenoxy) is 1. The van der Waals surface area contributed by atoms with Gasteiger partial charge in [0, 0.05) is 0 Å². The number of sulfonamides is 1. The molecular weight excluding hydrogens is 276 g/mol. The summed E-state index contributed by atoms with van der Waals surface area (Å²) >= 11 is 6.40. The van der Waals surface area contributed by atoms with Crippen LogP contribution in [0.3, 0.4) is 0 Å². The molecule has 3 N–H and O–H groups in total. The molecule has 0 aliphatic heterocycles. The zero-order valence-electron chi connectivity index (χ0n) is 8.19. The van der Waals surface area contributed by atoms with Crippen LogP contribution in [-0.2, 0) is 14.8 Å². The molecule has 1 aromatic heterocycles. The van der Waals surface area contributed by atoms with Gasteiger partial charge in [0.2, 0.25) is 10.0 Å². The lowest BCUT2D eigenvalue weighted by atomic mass is 10.5. The van der Waals surface area contributed by atoms with E-state index in [9.17, 15) is 13.2 Å². The lowest BCUT2D eigenvalue weighted by Gasteiger charge is -2.04. The van der Waals surface area contributed by atoms with Gasteiger partial charge in [0.25, 0.3) is 0 Å². The summed E-state index contributed by atoms with van der Waals surface area (Å²) in [7, 11) is -3.91. The Bertz CT molecular complexity index is 496. The van der Waals surface area contributed by atoms with Crippen molar-refractivity contribution >= 4 is 44.7 Å². The molecule has 0 spiro atoms. The van der Waals surface area contributed by atoms with E-state index in [-0.39, 0.29) is 20.8 Å². The summed E-state index contributed by atoms with van der Waals surface area (Å²) in [5.41, 5.74) is 0.0240. The molecule has 0 aromatic carbocycles. The third-order valence-electron chi connectivity index (χ3n) is 1.44. The number of primary sulfonamides is 1. The summed E-state index contributed by atoms with van der Waals surface area (Å²) in [4.78, 5) is 11.1. The fourth-order valence-corrected chi connectivity index (χ4v) is 3.12. The molecule has 16 heavy (non-hydrogen) atoms. The van der Waals surface area contributed by atoms with Crippen molar-refractivity contribution in [3.05, 3.63) is 10.4 Å². The number of rotatable bonds is 3. The molecule has 6 nitrogen and oxygen atoms in total. The number of carbonyl (C=O) groups excluding carboxylic acids is 1. The van der Waals surface area contributed by atoms with Gasteiger partial charge < -0.3 is 4.74 Å². The van der Waals surface area contributed by atoms with Gasteiger partial charge in [0.15, 0.2) is 4.21 Å². The van der Waals surface area contributed by atoms with E-state index in [4.69, 9.17) is 16.7 Å². The maximum Gasteiger partial charge on any atom is 0.411 e. The van der Waals surface area contributed by atoms with Crippen LogP contribution in [0.2, 0.25) is 4.34 Å². The molecule has 0 saturated carbocycles. The average molecular weight is 285 g/mol. The first-order chi connectivity index (χ1) is 7.34. The number of nitrogens with two attached hydrogens (primary N) is 1. The highest BCUT2D eigenvalue weighted by Gasteiger charge is 2.20. The SMILES string of the molecule is CCOC(=O)Nc1cc(Cl)sc1S(N)(=O)=O. The lowest BCUT2D eigenvalue weighted by Crippen LogP contribution is -2.17. The topological polar surface area (TPSA) is 98.5 Å². The monoisotopic (exact) mass is 284 g/mol. The highest BCUT2D eigenvalue weighted by atomic mass is 35.5. The van der Waals surface area contributed by atoms with Crippen molar-refractivity contribution in [2.45, 2.75) is 11.1 Å². The minimum Gasteiger partial charge on any atom is -0.450 e. The van der Waals surface area contributed by atoms with Crippen LogP contribution in [0.4, 0.5) is 10.5 Å². The van der Waals surface area contributed by atoms with Gasteiger partial charge in [-0.3, -0.25) is 5.32 Å². The lowest BCUT2D eigenvalue weighted by molar-refractivity contribution is 0.168. The maximum atomic E-state index is 11.1. The molecule has 0 bridgehead atoms. The summed E-state index contributed by atoms with van der Waals surface area (Å²) in [5, 5.41) is 7.20. The van der Waals surface area contributed by atoms with Crippen molar-refractivity contribution in [3.8, 4) is 0 Å². The van der Waals surface area contributed by atoms with Crippen molar-refractivity contribution in [1.29, 1.82) is 0 Å². The van der Waals surface area contributed by atoms with Gasteiger partial charge in [-0.1, -0.05) is 11.6 Å². The minimum atomic E-state index is -3.91. The Labute approximate surface area is 101 Å². The van der Waals surface area contributed by atoms with Gasteiger partial charge >= 0.3 is 6.09 Å². The Morgan fingerprint density at radius 1 is 1.69 bits per heavy atom. The highest BCUT2D eigenvalue weighted by molar-refractivity contribution is 7.91. The van der Waals surface area contributed by atoms with Crippen LogP contribution in [0.5, 0.6) is 0 Å². The number of nitrogens with one attached hydrogen (secondary N) is 1. The smallest absolute Gasteiger partial charge is 0.411 e.